The van der Waals surface area contributed by atoms with E-state index >= 15 is 0 Å². The standard InChI is InChI=1S/C28H29N5O3S.C22H24BrN3O3.C19H19N5O2S.C6H5N2S.3C4H9.Sn/c1-17(19-5-7-22(35-4)8-6-19)32-15-20(12-28(32)34)18(2)36-25-11-21(16-33-23(25)9-10-29-33)26-13-24-27(37-26)14-30-31(24)3;1-14(16-4-6-19(28-3)7-5-16)25-12-17(10-22(25)27)15(2)29-21-11-18(23)13-26-20(21)8-9-24-26;1-11(12-6-19(25)20-8-12)26-16-5-13(10-24-14(16)3-4-21-24)17-7-15-18(27-17)9-22-23(15)2;1-8-5-2-3-9-6(5)4-7-8;3*1-3-4-2;/h5-11,13-14,16-18,20H,12,15H2,1-4H3;4-9,11,13-15,17H,10,12H2,1-3H3;3-5,7,9-12H,6,8H2,1-2H3,(H,20,25);2,4H,1H3;3*1,3-4H2,2H3;/t17-,18-,20-;14-,15-,17-;11-,12-;;;;;/m111...../s1. The van der Waals surface area contributed by atoms with E-state index in [-0.39, 0.29) is 65.9 Å². The molecule has 0 aliphatic carbocycles. The van der Waals surface area contributed by atoms with Crippen LogP contribution in [0.25, 0.3) is 68.1 Å². The number of hydrogen-bond donors (Lipinski definition) is 1. The number of nitrogens with one attached hydrogen (secondary N) is 1. The van der Waals surface area contributed by atoms with Gasteiger partial charge in [0.2, 0.25) is 17.7 Å². The largest absolute Gasteiger partial charge is 0.497 e. The van der Waals surface area contributed by atoms with Crippen molar-refractivity contribution >= 4 is 136 Å². The third kappa shape index (κ3) is 18.3. The molecule has 0 unspecified atom stereocenters. The summed E-state index contributed by atoms with van der Waals surface area (Å²) in [6.45, 7) is 19.3. The Kier molecular flexibility index (Phi) is 26.1. The van der Waals surface area contributed by atoms with Crippen LogP contribution >= 0.6 is 49.9 Å². The van der Waals surface area contributed by atoms with Gasteiger partial charge in [0.1, 0.15) is 63.6 Å². The Morgan fingerprint density at radius 2 is 0.870 bits per heavy atom. The first-order valence-electron chi connectivity index (χ1n) is 40.1. The van der Waals surface area contributed by atoms with Gasteiger partial charge >= 0.3 is 145 Å². The Hall–Kier alpha value is -9.29. The Morgan fingerprint density at radius 3 is 1.25 bits per heavy atom. The van der Waals surface area contributed by atoms with E-state index in [4.69, 9.17) is 23.7 Å². The molecule has 2 aromatic carbocycles. The second-order valence-corrected chi connectivity index (χ2v) is 49.2. The van der Waals surface area contributed by atoms with Crippen LogP contribution in [0.4, 0.5) is 0 Å². The van der Waals surface area contributed by atoms with Gasteiger partial charge in [-0.15, -0.1) is 22.7 Å². The van der Waals surface area contributed by atoms with Crippen molar-refractivity contribution < 1.29 is 38.1 Å². The summed E-state index contributed by atoms with van der Waals surface area (Å²) in [6.07, 6.45) is 26.6. The minimum Gasteiger partial charge on any atom is -0.497 e. The Labute approximate surface area is 695 Å². The molecule has 28 heteroatoms. The fourth-order valence-electron chi connectivity index (χ4n) is 16.0. The van der Waals surface area contributed by atoms with E-state index in [9.17, 15) is 14.4 Å². The third-order valence-electron chi connectivity index (χ3n) is 23.3. The maximum atomic E-state index is 13.0. The van der Waals surface area contributed by atoms with E-state index in [1.165, 1.54) is 48.7 Å². The van der Waals surface area contributed by atoms with E-state index in [1.807, 2.05) is 163 Å². The number of fused-ring (bicyclic) bond motifs is 6. The molecule has 8 atom stereocenters. The van der Waals surface area contributed by atoms with E-state index in [0.29, 0.717) is 38.9 Å². The molecule has 14 aromatic rings. The summed E-state index contributed by atoms with van der Waals surface area (Å²) in [7, 11) is 9.29. The molecule has 0 saturated carbocycles. The molecule has 23 nitrogen and oxygen atoms in total. The number of carbonyl (C=O) groups excluding carboxylic acids is 3. The van der Waals surface area contributed by atoms with Gasteiger partial charge in [0.25, 0.3) is 0 Å². The number of amides is 3. The number of benzene rings is 2. The smallest absolute Gasteiger partial charge is 0.223 e. The Morgan fingerprint density at radius 1 is 0.478 bits per heavy atom. The molecule has 604 valence electrons. The van der Waals surface area contributed by atoms with Gasteiger partial charge in [-0.3, -0.25) is 23.7 Å². The van der Waals surface area contributed by atoms with Crippen LogP contribution in [0.15, 0.2) is 163 Å². The van der Waals surface area contributed by atoms with Gasteiger partial charge in [-0.05, 0) is 134 Å². The molecule has 0 bridgehead atoms. The Balaban J connectivity index is 0.000000129. The molecule has 12 aromatic heterocycles. The van der Waals surface area contributed by atoms with Crippen LogP contribution in [-0.4, -0.2) is 156 Å². The monoisotopic (exact) mass is 1780 g/mol. The van der Waals surface area contributed by atoms with E-state index < -0.39 is 18.4 Å². The molecule has 3 amide bonds. The minimum absolute atomic E-state index is 0.0112. The van der Waals surface area contributed by atoms with Gasteiger partial charge in [0.15, 0.2) is 0 Å². The summed E-state index contributed by atoms with van der Waals surface area (Å²) in [5.41, 5.74) is 10.6. The fraction of sp³-hybridized carbons (Fsp3) is 0.414. The molecule has 0 radical (unpaired) electrons. The number of likely N-dealkylation sites (tertiary alicyclic amines) is 2. The third-order valence-corrected chi connectivity index (χ3v) is 45.2. The van der Waals surface area contributed by atoms with Crippen LogP contribution in [0, 0.1) is 17.8 Å². The molecule has 3 fully saturated rings. The number of hydrogen-bond acceptors (Lipinski definition) is 17. The number of nitrogens with zero attached hydrogens (tertiary/aromatic N) is 14. The second kappa shape index (κ2) is 36.5. The summed E-state index contributed by atoms with van der Waals surface area (Å²) in [6, 6.07) is 34.6. The zero-order valence-electron chi connectivity index (χ0n) is 67.9. The zero-order chi connectivity index (χ0) is 80.8. The fourth-order valence-corrected chi connectivity index (χ4v) is 38.7. The number of thiophene rings is 3. The average Bonchev–Trinajstić information content (AvgIpc) is 1.62. The number of pyridine rings is 3. The topological polar surface area (TPSA) is 221 Å². The van der Waals surface area contributed by atoms with Gasteiger partial charge in [0.05, 0.1) is 77.7 Å². The van der Waals surface area contributed by atoms with Crippen molar-refractivity contribution in [3.8, 4) is 49.6 Å². The maximum absolute atomic E-state index is 13.0. The predicted molar refractivity (Wildman–Crippen MR) is 465 cm³/mol. The van der Waals surface area contributed by atoms with Crippen LogP contribution in [0.3, 0.4) is 0 Å². The van der Waals surface area contributed by atoms with Crippen LogP contribution < -0.4 is 31.9 Å². The van der Waals surface area contributed by atoms with Crippen LogP contribution in [-0.2, 0) is 35.5 Å². The van der Waals surface area contributed by atoms with Crippen molar-refractivity contribution in [3.05, 3.63) is 174 Å². The zero-order valence-corrected chi connectivity index (χ0v) is 74.8. The van der Waals surface area contributed by atoms with Crippen molar-refractivity contribution in [2.75, 3.05) is 33.9 Å². The van der Waals surface area contributed by atoms with Crippen LogP contribution in [0.5, 0.6) is 28.7 Å². The summed E-state index contributed by atoms with van der Waals surface area (Å²) in [5, 5.41) is 29.1. The first kappa shape index (κ1) is 82.2. The number of rotatable bonds is 27. The predicted octanol–water partition coefficient (Wildman–Crippen LogP) is 18.4. The number of carbonyl (C=O) groups is 3. The first-order valence-corrected chi connectivity index (χ1v) is 50.8. The van der Waals surface area contributed by atoms with Gasteiger partial charge in [0, 0.05) is 115 Å². The number of unbranched alkanes of at least 4 members (excludes halogenated alkanes) is 3. The summed E-state index contributed by atoms with van der Waals surface area (Å²) >= 11 is 6.78. The minimum atomic E-state index is -2.22. The number of halogens is 1. The van der Waals surface area contributed by atoms with Crippen molar-refractivity contribution in [3.63, 3.8) is 0 Å². The van der Waals surface area contributed by atoms with Crippen LogP contribution in [0.2, 0.25) is 13.3 Å². The molecule has 17 rings (SSSR count). The quantitative estimate of drug-likeness (QED) is 0.0473. The molecule has 3 aliphatic heterocycles. The molecular formula is C87H104BrN15O8S3Sn. The van der Waals surface area contributed by atoms with Crippen molar-refractivity contribution in [2.45, 2.75) is 157 Å². The molecule has 3 aliphatic rings. The maximum Gasteiger partial charge on any atom is 0.223 e. The molecule has 1 N–H and O–H groups in total. The number of ether oxygens (including phenoxy) is 5. The molecular weight excluding hydrogens is 1680 g/mol. The number of aromatic nitrogens is 12. The SMILES string of the molecule is CCC[CH2][Sn]([CH2]CCC)([CH2]CCC)[c]1cc2c(cnn2C)s1.COc1ccc([C@@H](C)N2C[C@H]([C@@H](C)Oc3cc(-c4cc5c(cnn5C)s4)cn4nccc34)CC2=O)cc1.COc1ccc([C@@H](C)N2C[C@H]([C@@H](C)Oc3cc(Br)cn4nccc34)CC2=O)cc1.C[C@@H](Oc1cc(-c2cc3c(cnn3C)s2)cn2nccc12)[C@H]1CNC(=O)C1. The Bertz CT molecular complexity index is 5660. The molecule has 15 heterocycles. The first-order chi connectivity index (χ1) is 55.6. The molecule has 0 spiro atoms. The van der Waals surface area contributed by atoms with Crippen LogP contribution in [0.1, 0.15) is 136 Å². The molecule has 115 heavy (non-hydrogen) atoms. The second-order valence-electron chi connectivity index (χ2n) is 30.8. The normalized spacial score (nSPS) is 17.1. The summed E-state index contributed by atoms with van der Waals surface area (Å²) in [5.74, 6) is 4.76. The summed E-state index contributed by atoms with van der Waals surface area (Å²) < 4.78 is 52.0. The van der Waals surface area contributed by atoms with Crippen molar-refractivity contribution in [1.29, 1.82) is 0 Å². The average molecular weight is 1780 g/mol. The summed E-state index contributed by atoms with van der Waals surface area (Å²) in [4.78, 5) is 43.4. The van der Waals surface area contributed by atoms with Gasteiger partial charge in [-0.2, -0.15) is 25.5 Å². The van der Waals surface area contributed by atoms with Gasteiger partial charge < -0.3 is 38.8 Å². The van der Waals surface area contributed by atoms with E-state index in [0.717, 1.165) is 102 Å². The van der Waals surface area contributed by atoms with Gasteiger partial charge in [-0.1, -0.05) is 24.3 Å². The van der Waals surface area contributed by atoms with Crippen molar-refractivity contribution in [1.82, 2.24) is 73.3 Å². The van der Waals surface area contributed by atoms with E-state index in [1.54, 1.807) is 73.3 Å². The molecule has 3 saturated heterocycles. The van der Waals surface area contributed by atoms with Crippen molar-refractivity contribution in [2.24, 2.45) is 38.9 Å². The number of methoxy groups -OCH3 is 2. The van der Waals surface area contributed by atoms with E-state index in [2.05, 4.69) is 153 Å². The van der Waals surface area contributed by atoms with Gasteiger partial charge in [-0.25, -0.2) is 13.5 Å². The number of aryl methyl sites for hydroxylation is 3.